The first-order valence-corrected chi connectivity index (χ1v) is 9.80. The number of carbonyl (C=O) groups excluding carboxylic acids is 1. The maximum Gasteiger partial charge on any atom is 0.434 e. The summed E-state index contributed by atoms with van der Waals surface area (Å²) in [4.78, 5) is 25.9. The van der Waals surface area contributed by atoms with Crippen molar-refractivity contribution in [3.05, 3.63) is 23.3 Å². The minimum Gasteiger partial charge on any atom is -0.669 e. The van der Waals surface area contributed by atoms with Crippen molar-refractivity contribution in [1.29, 1.82) is 0 Å². The zero-order valence-corrected chi connectivity index (χ0v) is 15.5. The van der Waals surface area contributed by atoms with Gasteiger partial charge in [-0.3, -0.25) is 4.79 Å². The number of hydrogen-bond acceptors (Lipinski definition) is 8. The number of hydrogen-bond donors (Lipinski definition) is 5. The maximum atomic E-state index is 12.4. The lowest BCUT2D eigenvalue weighted by atomic mass is 9.68. The molecule has 156 valence electrons. The Morgan fingerprint density at radius 2 is 2.00 bits per heavy atom. The number of aliphatic hydroxyl groups excluding tert-OH is 1. The first-order chi connectivity index (χ1) is 13.7. The summed E-state index contributed by atoms with van der Waals surface area (Å²) in [6.07, 6.45) is 0.0178. The molecule has 0 radical (unpaired) electrons. The van der Waals surface area contributed by atoms with Crippen LogP contribution in [-0.2, 0) is 4.79 Å². The molecule has 0 spiro atoms. The normalized spacial score (nSPS) is 31.9. The quantitative estimate of drug-likeness (QED) is 0.393. The fourth-order valence-electron chi connectivity index (χ4n) is 4.61. The molecule has 1 saturated carbocycles. The van der Waals surface area contributed by atoms with Crippen LogP contribution in [0, 0.1) is 0 Å². The van der Waals surface area contributed by atoms with Gasteiger partial charge in [-0.2, -0.15) is 0 Å². The number of β-amino-alcohol motifs (C(OH)–C–C–N with tert-alkyl or cyclic N) is 1. The molecule has 5 N–H and O–H groups in total. The minimum atomic E-state index is -3.09. The van der Waals surface area contributed by atoms with Gasteiger partial charge in [0.25, 0.3) is 0 Å². The summed E-state index contributed by atoms with van der Waals surface area (Å²) in [6.45, 7) is -2.09. The number of nitrogens with zero attached hydrogens (tertiary/aromatic N) is 1. The Morgan fingerprint density at radius 3 is 2.66 bits per heavy atom. The molecule has 4 aliphatic rings. The van der Waals surface area contributed by atoms with Crippen molar-refractivity contribution in [2.24, 2.45) is 0 Å². The molecular weight excluding hydrogens is 383 g/mol. The maximum absolute atomic E-state index is 12.4. The van der Waals surface area contributed by atoms with Crippen LogP contribution in [0.15, 0.2) is 12.1 Å². The number of nitrogens with one attached hydrogen (secondary N) is 1. The van der Waals surface area contributed by atoms with E-state index < -0.39 is 30.7 Å². The highest BCUT2D eigenvalue weighted by Gasteiger charge is 2.55. The van der Waals surface area contributed by atoms with Crippen LogP contribution >= 0.6 is 0 Å². The lowest BCUT2D eigenvalue weighted by Crippen LogP contribution is -2.59. The summed E-state index contributed by atoms with van der Waals surface area (Å²) >= 11 is 0. The fraction of sp³-hybridized carbons (Fsp3) is 0.556. The third-order valence-corrected chi connectivity index (χ3v) is 6.31. The predicted octanol–water partition coefficient (Wildman–Crippen LogP) is -1.13. The number of fused-ring (bicyclic) bond motifs is 3. The van der Waals surface area contributed by atoms with E-state index in [1.54, 1.807) is 17.0 Å². The number of carbonyl (C=O) groups is 2. The van der Waals surface area contributed by atoms with Gasteiger partial charge in [-0.05, 0) is 24.0 Å². The second-order valence-electron chi connectivity index (χ2n) is 8.38. The van der Waals surface area contributed by atoms with Gasteiger partial charge in [-0.15, -0.1) is 0 Å². The number of aliphatic hydroxyl groups is 1. The molecule has 1 amide bonds. The summed E-state index contributed by atoms with van der Waals surface area (Å²) in [5.74, 6) is -1.87. The van der Waals surface area contributed by atoms with E-state index in [4.69, 9.17) is 9.39 Å². The van der Waals surface area contributed by atoms with Gasteiger partial charge in [0.15, 0.2) is 0 Å². The lowest BCUT2D eigenvalue weighted by molar-refractivity contribution is -0.142. The van der Waals surface area contributed by atoms with Crippen molar-refractivity contribution < 1.29 is 39.2 Å². The van der Waals surface area contributed by atoms with Crippen LogP contribution in [0.1, 0.15) is 34.7 Å². The molecule has 29 heavy (non-hydrogen) atoms. The molecule has 3 fully saturated rings. The number of rotatable bonds is 4. The molecule has 1 aliphatic carbocycles. The van der Waals surface area contributed by atoms with Crippen LogP contribution in [0.25, 0.3) is 0 Å². The molecule has 11 heteroatoms. The Labute approximate surface area is 166 Å². The second kappa shape index (κ2) is 6.33. The van der Waals surface area contributed by atoms with Crippen molar-refractivity contribution in [3.63, 3.8) is 0 Å². The fourth-order valence-corrected chi connectivity index (χ4v) is 4.61. The predicted molar refractivity (Wildman–Crippen MR) is 98.7 cm³/mol. The Balaban J connectivity index is 1.30. The lowest BCUT2D eigenvalue weighted by Gasteiger charge is -2.41. The Morgan fingerprint density at radius 1 is 1.24 bits per heavy atom. The summed E-state index contributed by atoms with van der Waals surface area (Å²) in [7, 11) is 0. The molecule has 4 atom stereocenters. The number of carboxylic acid groups (broad SMARTS) is 1. The SMILES string of the molecule is O=C(O)c1c(OC2CN(C(=O)[C@@H]3C[C@@H](O)CN3)C2)ccc2c1O[B-](O)(O)C1CC21. The van der Waals surface area contributed by atoms with E-state index in [-0.39, 0.29) is 35.0 Å². The molecule has 3 aliphatic heterocycles. The van der Waals surface area contributed by atoms with Gasteiger partial charge in [-0.25, -0.2) is 4.79 Å². The topological polar surface area (TPSA) is 149 Å². The van der Waals surface area contributed by atoms with Crippen LogP contribution in [0.5, 0.6) is 11.5 Å². The first-order valence-electron chi connectivity index (χ1n) is 9.80. The molecule has 0 aromatic heterocycles. The summed E-state index contributed by atoms with van der Waals surface area (Å²) < 4.78 is 11.1. The van der Waals surface area contributed by atoms with Crippen LogP contribution in [0.3, 0.4) is 0 Å². The van der Waals surface area contributed by atoms with Gasteiger partial charge >= 0.3 is 12.7 Å². The number of likely N-dealkylation sites (tertiary alicyclic amines) is 1. The highest BCUT2D eigenvalue weighted by atomic mass is 16.6. The van der Waals surface area contributed by atoms with E-state index in [9.17, 15) is 29.9 Å². The average Bonchev–Trinajstić information content (AvgIpc) is 3.32. The van der Waals surface area contributed by atoms with E-state index in [1.165, 1.54) is 0 Å². The third-order valence-electron chi connectivity index (χ3n) is 6.31. The molecule has 10 nitrogen and oxygen atoms in total. The van der Waals surface area contributed by atoms with Crippen molar-refractivity contribution >= 4 is 18.6 Å². The second-order valence-corrected chi connectivity index (χ2v) is 8.38. The van der Waals surface area contributed by atoms with E-state index >= 15 is 0 Å². The minimum absolute atomic E-state index is 0.0462. The summed E-state index contributed by atoms with van der Waals surface area (Å²) in [6, 6.07) is 2.86. The number of amides is 1. The molecule has 2 unspecified atom stereocenters. The van der Waals surface area contributed by atoms with Gasteiger partial charge in [0.05, 0.1) is 31.0 Å². The van der Waals surface area contributed by atoms with Gasteiger partial charge < -0.3 is 39.9 Å². The molecular formula is C18H22BN2O8-. The zero-order valence-electron chi connectivity index (χ0n) is 15.5. The van der Waals surface area contributed by atoms with Crippen LogP contribution in [-0.4, -0.2) is 81.7 Å². The molecule has 1 aromatic carbocycles. The van der Waals surface area contributed by atoms with Crippen molar-refractivity contribution in [1.82, 2.24) is 10.2 Å². The Hall–Kier alpha value is -2.34. The molecule has 3 heterocycles. The number of benzene rings is 1. The van der Waals surface area contributed by atoms with Gasteiger partial charge in [0.2, 0.25) is 5.91 Å². The molecule has 5 rings (SSSR count). The van der Waals surface area contributed by atoms with E-state index in [2.05, 4.69) is 5.32 Å². The van der Waals surface area contributed by atoms with Crippen molar-refractivity contribution in [2.75, 3.05) is 19.6 Å². The van der Waals surface area contributed by atoms with Gasteiger partial charge in [-0.1, -0.05) is 18.3 Å². The largest absolute Gasteiger partial charge is 0.669 e. The Kier molecular flexibility index (Phi) is 4.08. The number of aromatic carboxylic acids is 1. The highest BCUT2D eigenvalue weighted by Crippen LogP contribution is 2.63. The molecule has 2 saturated heterocycles. The third kappa shape index (κ3) is 3.05. The number of carboxylic acids is 1. The average molecular weight is 405 g/mol. The smallest absolute Gasteiger partial charge is 0.434 e. The van der Waals surface area contributed by atoms with Crippen molar-refractivity contribution in [3.8, 4) is 11.5 Å². The first kappa shape index (κ1) is 18.7. The summed E-state index contributed by atoms with van der Waals surface area (Å²) in [5.41, 5.74) is 0.421. The van der Waals surface area contributed by atoms with Gasteiger partial charge in [0, 0.05) is 6.54 Å². The monoisotopic (exact) mass is 405 g/mol. The standard InChI is InChI=1S/C18H22BN2O8/c22-8-3-13(20-5-8)17(23)21-6-9(7-21)28-14-2-1-10-11-4-12(11)19(26,27)29-16(10)15(14)18(24)25/h1-2,8-9,11-13,20,22,26-27H,3-7H2,(H,24,25)/q-1/t8-,11?,12?,13+/m1/s1. The van der Waals surface area contributed by atoms with E-state index in [1.807, 2.05) is 0 Å². The molecule has 0 bridgehead atoms. The Bertz CT molecular complexity index is 887. The molecule has 1 aromatic rings. The zero-order chi connectivity index (χ0) is 20.5. The van der Waals surface area contributed by atoms with E-state index in [0.717, 1.165) is 0 Å². The van der Waals surface area contributed by atoms with Crippen LogP contribution < -0.4 is 14.7 Å². The van der Waals surface area contributed by atoms with E-state index in [0.29, 0.717) is 38.0 Å². The van der Waals surface area contributed by atoms with Crippen molar-refractivity contribution in [2.45, 2.75) is 42.8 Å². The van der Waals surface area contributed by atoms with Crippen LogP contribution in [0.4, 0.5) is 0 Å². The van der Waals surface area contributed by atoms with Gasteiger partial charge in [0.1, 0.15) is 17.4 Å². The van der Waals surface area contributed by atoms with Crippen LogP contribution in [0.2, 0.25) is 5.82 Å². The number of ether oxygens (including phenoxy) is 1. The highest BCUT2D eigenvalue weighted by molar-refractivity contribution is 6.62. The summed E-state index contributed by atoms with van der Waals surface area (Å²) in [5, 5.41) is 42.4.